The fourth-order valence-electron chi connectivity index (χ4n) is 0.281. The first-order chi connectivity index (χ1) is 4.62. The summed E-state index contributed by atoms with van der Waals surface area (Å²) in [5.74, 6) is -0.270. The second-order valence-corrected chi connectivity index (χ2v) is 3.24. The van der Waals surface area contributed by atoms with E-state index in [1.54, 1.807) is 0 Å². The SMILES string of the molecule is COS(=O)(=O)CCN=[N+]=[N-]. The monoisotopic (exact) mass is 165 g/mol. The molecule has 0 aromatic carbocycles. The van der Waals surface area contributed by atoms with Crippen molar-refractivity contribution < 1.29 is 12.6 Å². The lowest BCUT2D eigenvalue weighted by Gasteiger charge is -1.94. The van der Waals surface area contributed by atoms with E-state index in [-0.39, 0.29) is 12.3 Å². The van der Waals surface area contributed by atoms with E-state index in [0.29, 0.717) is 0 Å². The Kier molecular flexibility index (Phi) is 3.78. The van der Waals surface area contributed by atoms with E-state index in [1.807, 2.05) is 0 Å². The van der Waals surface area contributed by atoms with Gasteiger partial charge in [-0.25, -0.2) is 0 Å². The molecule has 0 bridgehead atoms. The highest BCUT2D eigenvalue weighted by molar-refractivity contribution is 7.86. The molecule has 0 aliphatic rings. The maximum absolute atomic E-state index is 10.5. The maximum Gasteiger partial charge on any atom is 0.267 e. The molecule has 0 amide bonds. The third-order valence-electron chi connectivity index (χ3n) is 0.758. The summed E-state index contributed by atoms with van der Waals surface area (Å²) in [5, 5.41) is 3.03. The topological polar surface area (TPSA) is 92.1 Å². The van der Waals surface area contributed by atoms with Gasteiger partial charge in [0.05, 0.1) is 12.9 Å². The van der Waals surface area contributed by atoms with Gasteiger partial charge in [-0.1, -0.05) is 5.11 Å². The molecule has 0 aromatic rings. The molecule has 6 nitrogen and oxygen atoms in total. The summed E-state index contributed by atoms with van der Waals surface area (Å²) in [6, 6.07) is 0. The highest BCUT2D eigenvalue weighted by atomic mass is 32.2. The molecule has 0 aliphatic heterocycles. The van der Waals surface area contributed by atoms with Gasteiger partial charge >= 0.3 is 0 Å². The minimum Gasteiger partial charge on any atom is -0.273 e. The van der Waals surface area contributed by atoms with Crippen LogP contribution in [0.3, 0.4) is 0 Å². The van der Waals surface area contributed by atoms with Crippen LogP contribution in [-0.2, 0) is 14.3 Å². The first-order valence-electron chi connectivity index (χ1n) is 2.41. The molecular formula is C3H7N3O3S. The van der Waals surface area contributed by atoms with E-state index in [1.165, 1.54) is 0 Å². The van der Waals surface area contributed by atoms with Crippen LogP contribution in [0.15, 0.2) is 5.11 Å². The molecule has 10 heavy (non-hydrogen) atoms. The van der Waals surface area contributed by atoms with Crippen LogP contribution in [0.4, 0.5) is 0 Å². The molecule has 0 rings (SSSR count). The van der Waals surface area contributed by atoms with Gasteiger partial charge in [-0.15, -0.1) is 0 Å². The maximum atomic E-state index is 10.5. The Morgan fingerprint density at radius 1 is 1.70 bits per heavy atom. The van der Waals surface area contributed by atoms with Crippen molar-refractivity contribution in [2.45, 2.75) is 0 Å². The largest absolute Gasteiger partial charge is 0.273 e. The molecule has 0 radical (unpaired) electrons. The number of nitrogens with zero attached hydrogens (tertiary/aromatic N) is 3. The van der Waals surface area contributed by atoms with E-state index in [4.69, 9.17) is 5.53 Å². The van der Waals surface area contributed by atoms with Gasteiger partial charge in [0, 0.05) is 11.5 Å². The zero-order valence-corrected chi connectivity index (χ0v) is 6.21. The fourth-order valence-corrected chi connectivity index (χ4v) is 0.753. The lowest BCUT2D eigenvalue weighted by Crippen LogP contribution is -2.09. The Hall–Kier alpha value is -0.780. The van der Waals surface area contributed by atoms with Crippen LogP contribution in [0.2, 0.25) is 0 Å². The third kappa shape index (κ3) is 4.13. The summed E-state index contributed by atoms with van der Waals surface area (Å²) in [6.07, 6.45) is 0. The number of azide groups is 1. The predicted molar refractivity (Wildman–Crippen MR) is 34.8 cm³/mol. The quantitative estimate of drug-likeness (QED) is 0.259. The van der Waals surface area contributed by atoms with Crippen LogP contribution in [0.5, 0.6) is 0 Å². The van der Waals surface area contributed by atoms with Crippen molar-refractivity contribution in [1.29, 1.82) is 0 Å². The number of rotatable bonds is 4. The molecule has 0 aromatic heterocycles. The van der Waals surface area contributed by atoms with Crippen LogP contribution in [0, 0.1) is 0 Å². The van der Waals surface area contributed by atoms with Gasteiger partial charge in [0.15, 0.2) is 0 Å². The highest BCUT2D eigenvalue weighted by Gasteiger charge is 2.05. The molecular weight excluding hydrogens is 158 g/mol. The summed E-state index contributed by atoms with van der Waals surface area (Å²) >= 11 is 0. The lowest BCUT2D eigenvalue weighted by atomic mass is 10.8. The molecule has 0 spiro atoms. The van der Waals surface area contributed by atoms with E-state index in [9.17, 15) is 8.42 Å². The van der Waals surface area contributed by atoms with Crippen molar-refractivity contribution in [1.82, 2.24) is 0 Å². The molecule has 0 heterocycles. The van der Waals surface area contributed by atoms with Gasteiger partial charge in [-0.2, -0.15) is 8.42 Å². The Morgan fingerprint density at radius 3 is 2.70 bits per heavy atom. The second kappa shape index (κ2) is 4.10. The molecule has 0 unspecified atom stereocenters. The fraction of sp³-hybridized carbons (Fsp3) is 1.00. The number of hydrogen-bond donors (Lipinski definition) is 0. The summed E-state index contributed by atoms with van der Waals surface area (Å²) in [6.45, 7) is -0.0906. The molecule has 0 N–H and O–H groups in total. The minimum absolute atomic E-state index is 0.0906. The molecule has 0 aliphatic carbocycles. The first kappa shape index (κ1) is 9.22. The van der Waals surface area contributed by atoms with E-state index >= 15 is 0 Å². The van der Waals surface area contributed by atoms with Crippen LogP contribution < -0.4 is 0 Å². The zero-order chi connectivity index (χ0) is 8.04. The molecule has 58 valence electrons. The summed E-state index contributed by atoms with van der Waals surface area (Å²) in [4.78, 5) is 2.38. The van der Waals surface area contributed by atoms with Crippen molar-refractivity contribution in [3.63, 3.8) is 0 Å². The zero-order valence-electron chi connectivity index (χ0n) is 5.39. The van der Waals surface area contributed by atoms with Gasteiger partial charge in [-0.05, 0) is 5.53 Å². The van der Waals surface area contributed by atoms with Crippen LogP contribution in [0.25, 0.3) is 10.4 Å². The highest BCUT2D eigenvalue weighted by Crippen LogP contribution is 1.89. The lowest BCUT2D eigenvalue weighted by molar-refractivity contribution is 0.398. The Morgan fingerprint density at radius 2 is 2.30 bits per heavy atom. The van der Waals surface area contributed by atoms with Gasteiger partial charge < -0.3 is 0 Å². The molecule has 0 saturated heterocycles. The standard InChI is InChI=1S/C3H7N3O3S/c1-9-10(7,8)3-2-5-6-4/h2-3H2,1H3. The van der Waals surface area contributed by atoms with Crippen molar-refractivity contribution in [3.8, 4) is 0 Å². The smallest absolute Gasteiger partial charge is 0.267 e. The van der Waals surface area contributed by atoms with Crippen molar-refractivity contribution >= 4 is 10.1 Å². The minimum atomic E-state index is -3.46. The summed E-state index contributed by atoms with van der Waals surface area (Å²) < 4.78 is 25.0. The van der Waals surface area contributed by atoms with Crippen molar-refractivity contribution in [3.05, 3.63) is 10.4 Å². The molecule has 0 atom stereocenters. The molecule has 0 saturated carbocycles. The van der Waals surface area contributed by atoms with E-state index in [2.05, 4.69) is 14.2 Å². The normalized spacial score (nSPS) is 10.5. The van der Waals surface area contributed by atoms with Gasteiger partial charge in [0.1, 0.15) is 0 Å². The first-order valence-corrected chi connectivity index (χ1v) is 3.99. The number of hydrogen-bond acceptors (Lipinski definition) is 4. The van der Waals surface area contributed by atoms with E-state index < -0.39 is 10.1 Å². The van der Waals surface area contributed by atoms with E-state index in [0.717, 1.165) is 7.11 Å². The van der Waals surface area contributed by atoms with Gasteiger partial charge in [-0.3, -0.25) is 4.18 Å². The van der Waals surface area contributed by atoms with Crippen LogP contribution in [-0.4, -0.2) is 27.8 Å². The predicted octanol–water partition coefficient (Wildman–Crippen LogP) is 0.273. The summed E-state index contributed by atoms with van der Waals surface area (Å²) in [7, 11) is -2.40. The van der Waals surface area contributed by atoms with Crippen molar-refractivity contribution in [2.75, 3.05) is 19.4 Å². The second-order valence-electron chi connectivity index (χ2n) is 1.38. The average molecular weight is 165 g/mol. The van der Waals surface area contributed by atoms with Gasteiger partial charge in [0.2, 0.25) is 0 Å². The average Bonchev–Trinajstić information content (AvgIpc) is 1.89. The Balaban J connectivity index is 3.80. The van der Waals surface area contributed by atoms with Crippen LogP contribution in [0.1, 0.15) is 0 Å². The Bertz CT molecular complexity index is 227. The van der Waals surface area contributed by atoms with Gasteiger partial charge in [0.25, 0.3) is 10.1 Å². The molecule has 7 heteroatoms. The third-order valence-corrected chi connectivity index (χ3v) is 1.95. The Labute approximate surface area is 58.6 Å². The molecule has 0 fully saturated rings. The van der Waals surface area contributed by atoms with Crippen LogP contribution >= 0.6 is 0 Å². The van der Waals surface area contributed by atoms with Crippen molar-refractivity contribution in [2.24, 2.45) is 5.11 Å². The summed E-state index contributed by atoms with van der Waals surface area (Å²) in [5.41, 5.74) is 7.76.